The highest BCUT2D eigenvalue weighted by molar-refractivity contribution is 5.90. The lowest BCUT2D eigenvalue weighted by Crippen LogP contribution is -2.29. The zero-order chi connectivity index (χ0) is 14.4. The minimum atomic E-state index is -0.0391. The highest BCUT2D eigenvalue weighted by Gasteiger charge is 2.18. The summed E-state index contributed by atoms with van der Waals surface area (Å²) in [5, 5.41) is 5.57. The van der Waals surface area contributed by atoms with Crippen molar-refractivity contribution >= 4 is 17.6 Å². The maximum absolute atomic E-state index is 11.8. The van der Waals surface area contributed by atoms with Gasteiger partial charge in [0, 0.05) is 38.3 Å². The second kappa shape index (κ2) is 6.91. The van der Waals surface area contributed by atoms with Crippen molar-refractivity contribution < 1.29 is 9.59 Å². The fourth-order valence-electron chi connectivity index (χ4n) is 2.10. The predicted molar refractivity (Wildman–Crippen MR) is 77.2 cm³/mol. The molecule has 0 unspecified atom stereocenters. The van der Waals surface area contributed by atoms with Gasteiger partial charge in [0.2, 0.25) is 5.91 Å². The summed E-state index contributed by atoms with van der Waals surface area (Å²) < 4.78 is 0. The van der Waals surface area contributed by atoms with Crippen molar-refractivity contribution in [3.05, 3.63) is 29.8 Å². The Morgan fingerprint density at radius 3 is 2.70 bits per heavy atom. The number of hydrogen-bond acceptors (Lipinski definition) is 3. The molecule has 3 amide bonds. The summed E-state index contributed by atoms with van der Waals surface area (Å²) in [6.07, 6.45) is 1.07. The Labute approximate surface area is 118 Å². The fraction of sp³-hybridized carbons (Fsp3) is 0.429. The van der Waals surface area contributed by atoms with Crippen LogP contribution in [0.25, 0.3) is 0 Å². The summed E-state index contributed by atoms with van der Waals surface area (Å²) in [4.78, 5) is 24.8. The van der Waals surface area contributed by atoms with E-state index in [1.54, 1.807) is 4.90 Å². The summed E-state index contributed by atoms with van der Waals surface area (Å²) >= 11 is 0. The van der Waals surface area contributed by atoms with Gasteiger partial charge in [-0.15, -0.1) is 0 Å². The maximum atomic E-state index is 11.8. The summed E-state index contributed by atoms with van der Waals surface area (Å²) in [5.41, 5.74) is 7.31. The minimum absolute atomic E-state index is 0.0369. The van der Waals surface area contributed by atoms with E-state index >= 15 is 0 Å². The molecule has 0 aromatic heterocycles. The van der Waals surface area contributed by atoms with Crippen molar-refractivity contribution in [3.63, 3.8) is 0 Å². The molecule has 1 heterocycles. The average Bonchev–Trinajstić information content (AvgIpc) is 2.85. The van der Waals surface area contributed by atoms with Crippen molar-refractivity contribution in [2.24, 2.45) is 5.73 Å². The van der Waals surface area contributed by atoms with E-state index in [9.17, 15) is 9.59 Å². The summed E-state index contributed by atoms with van der Waals surface area (Å²) in [6.45, 7) is 2.52. The predicted octanol–water partition coefficient (Wildman–Crippen LogP) is 0.889. The van der Waals surface area contributed by atoms with Gasteiger partial charge in [-0.25, -0.2) is 4.79 Å². The standard InChI is InChI=1S/C14H20N4O2/c15-10-11-3-5-12(6-4-11)17-13(19)2-1-8-18-9-7-16-14(18)20/h3-6H,1-2,7-10,15H2,(H,16,20)(H,17,19). The van der Waals surface area contributed by atoms with Gasteiger partial charge in [0.25, 0.3) is 0 Å². The molecular weight excluding hydrogens is 256 g/mol. The smallest absolute Gasteiger partial charge is 0.317 e. The molecule has 108 valence electrons. The molecule has 0 atom stereocenters. The number of anilines is 1. The van der Waals surface area contributed by atoms with Crippen LogP contribution >= 0.6 is 0 Å². The lowest BCUT2D eigenvalue weighted by molar-refractivity contribution is -0.116. The molecule has 1 aromatic carbocycles. The molecule has 0 spiro atoms. The van der Waals surface area contributed by atoms with Gasteiger partial charge in [-0.3, -0.25) is 4.79 Å². The van der Waals surface area contributed by atoms with E-state index in [1.807, 2.05) is 24.3 Å². The van der Waals surface area contributed by atoms with E-state index in [0.29, 0.717) is 32.5 Å². The molecule has 6 nitrogen and oxygen atoms in total. The van der Waals surface area contributed by atoms with Gasteiger partial charge in [-0.05, 0) is 24.1 Å². The van der Waals surface area contributed by atoms with Crippen LogP contribution in [0.5, 0.6) is 0 Å². The molecule has 4 N–H and O–H groups in total. The van der Waals surface area contributed by atoms with Crippen LogP contribution in [0.3, 0.4) is 0 Å². The average molecular weight is 276 g/mol. The van der Waals surface area contributed by atoms with Crippen LogP contribution in [-0.4, -0.2) is 36.5 Å². The molecule has 1 fully saturated rings. The van der Waals surface area contributed by atoms with Gasteiger partial charge in [0.15, 0.2) is 0 Å². The fourth-order valence-corrected chi connectivity index (χ4v) is 2.10. The Kier molecular flexibility index (Phi) is 4.95. The molecule has 6 heteroatoms. The van der Waals surface area contributed by atoms with Gasteiger partial charge in [0.05, 0.1) is 0 Å². The molecule has 0 bridgehead atoms. The van der Waals surface area contributed by atoms with Crippen molar-refractivity contribution in [2.75, 3.05) is 25.0 Å². The number of nitrogens with two attached hydrogens (primary N) is 1. The molecule has 0 saturated carbocycles. The Bertz CT molecular complexity index is 473. The quantitative estimate of drug-likeness (QED) is 0.721. The van der Waals surface area contributed by atoms with Crippen LogP contribution < -0.4 is 16.4 Å². The monoisotopic (exact) mass is 276 g/mol. The number of carbonyl (C=O) groups is 2. The molecule has 1 aromatic rings. The number of carbonyl (C=O) groups excluding carboxylic acids is 2. The van der Waals surface area contributed by atoms with E-state index in [2.05, 4.69) is 10.6 Å². The van der Waals surface area contributed by atoms with E-state index < -0.39 is 0 Å². The minimum Gasteiger partial charge on any atom is -0.336 e. The van der Waals surface area contributed by atoms with Gasteiger partial charge >= 0.3 is 6.03 Å². The zero-order valence-corrected chi connectivity index (χ0v) is 11.4. The molecule has 1 aliphatic rings. The first-order valence-electron chi connectivity index (χ1n) is 6.80. The number of benzene rings is 1. The zero-order valence-electron chi connectivity index (χ0n) is 11.4. The number of hydrogen-bond donors (Lipinski definition) is 3. The lowest BCUT2D eigenvalue weighted by atomic mass is 10.2. The van der Waals surface area contributed by atoms with Crippen molar-refractivity contribution in [2.45, 2.75) is 19.4 Å². The molecule has 20 heavy (non-hydrogen) atoms. The molecule has 0 aliphatic carbocycles. The normalized spacial score (nSPS) is 14.2. The second-order valence-electron chi connectivity index (χ2n) is 4.77. The molecule has 2 rings (SSSR count). The lowest BCUT2D eigenvalue weighted by Gasteiger charge is -2.13. The van der Waals surface area contributed by atoms with Crippen LogP contribution in [0.4, 0.5) is 10.5 Å². The number of rotatable bonds is 6. The summed E-state index contributed by atoms with van der Waals surface area (Å²) in [7, 11) is 0. The van der Waals surface area contributed by atoms with E-state index in [0.717, 1.165) is 17.8 Å². The van der Waals surface area contributed by atoms with E-state index in [1.165, 1.54) is 0 Å². The largest absolute Gasteiger partial charge is 0.336 e. The SMILES string of the molecule is NCc1ccc(NC(=O)CCCN2CCNC2=O)cc1. The second-order valence-corrected chi connectivity index (χ2v) is 4.77. The number of nitrogens with one attached hydrogen (secondary N) is 2. The highest BCUT2D eigenvalue weighted by atomic mass is 16.2. The van der Waals surface area contributed by atoms with Crippen molar-refractivity contribution in [3.8, 4) is 0 Å². The Hall–Kier alpha value is -2.08. The van der Waals surface area contributed by atoms with Crippen LogP contribution in [0.2, 0.25) is 0 Å². The van der Waals surface area contributed by atoms with Gasteiger partial charge in [-0.2, -0.15) is 0 Å². The number of urea groups is 1. The molecule has 1 saturated heterocycles. The van der Waals surface area contributed by atoms with Crippen LogP contribution in [0.15, 0.2) is 24.3 Å². The van der Waals surface area contributed by atoms with Gasteiger partial charge in [0.1, 0.15) is 0 Å². The maximum Gasteiger partial charge on any atom is 0.317 e. The van der Waals surface area contributed by atoms with Crippen molar-refractivity contribution in [1.29, 1.82) is 0 Å². The first-order chi connectivity index (χ1) is 9.69. The number of nitrogens with zero attached hydrogens (tertiary/aromatic N) is 1. The summed E-state index contributed by atoms with van der Waals surface area (Å²) in [5.74, 6) is -0.0369. The third kappa shape index (κ3) is 3.96. The van der Waals surface area contributed by atoms with E-state index in [-0.39, 0.29) is 11.9 Å². The Morgan fingerprint density at radius 2 is 2.10 bits per heavy atom. The molecule has 1 aliphatic heterocycles. The first-order valence-corrected chi connectivity index (χ1v) is 6.80. The number of amides is 3. The topological polar surface area (TPSA) is 87.5 Å². The summed E-state index contributed by atoms with van der Waals surface area (Å²) in [6, 6.07) is 7.43. The highest BCUT2D eigenvalue weighted by Crippen LogP contribution is 2.10. The van der Waals surface area contributed by atoms with E-state index in [4.69, 9.17) is 5.73 Å². The first kappa shape index (κ1) is 14.3. The third-order valence-electron chi connectivity index (χ3n) is 3.25. The third-order valence-corrected chi connectivity index (χ3v) is 3.25. The Balaban J connectivity index is 1.70. The van der Waals surface area contributed by atoms with Crippen LogP contribution in [-0.2, 0) is 11.3 Å². The van der Waals surface area contributed by atoms with Gasteiger partial charge in [-0.1, -0.05) is 12.1 Å². The molecule has 0 radical (unpaired) electrons. The Morgan fingerprint density at radius 1 is 1.35 bits per heavy atom. The van der Waals surface area contributed by atoms with Gasteiger partial charge < -0.3 is 21.3 Å². The van der Waals surface area contributed by atoms with Crippen molar-refractivity contribution in [1.82, 2.24) is 10.2 Å². The van der Waals surface area contributed by atoms with Crippen LogP contribution in [0.1, 0.15) is 18.4 Å². The molecular formula is C14H20N4O2. The van der Waals surface area contributed by atoms with Crippen LogP contribution in [0, 0.1) is 0 Å².